The predicted octanol–water partition coefficient (Wildman–Crippen LogP) is 4.95. The molecule has 0 saturated carbocycles. The van der Waals surface area contributed by atoms with Gasteiger partial charge in [0.15, 0.2) is 0 Å². The summed E-state index contributed by atoms with van der Waals surface area (Å²) in [5.41, 5.74) is 2.13. The van der Waals surface area contributed by atoms with Gasteiger partial charge in [-0.15, -0.1) is 11.3 Å². The molecule has 0 N–H and O–H groups in total. The number of hydrogen-bond donors (Lipinski definition) is 0. The van der Waals surface area contributed by atoms with Crippen molar-refractivity contribution >= 4 is 23.2 Å². The van der Waals surface area contributed by atoms with Gasteiger partial charge in [-0.25, -0.2) is 0 Å². The van der Waals surface area contributed by atoms with Crippen LogP contribution in [0.15, 0.2) is 72.8 Å². The lowest BCUT2D eigenvalue weighted by Gasteiger charge is -2.37. The van der Waals surface area contributed by atoms with Gasteiger partial charge in [0.05, 0.1) is 35.1 Å². The van der Waals surface area contributed by atoms with Crippen LogP contribution in [0.3, 0.4) is 0 Å². The molecule has 5 rings (SSSR count). The normalized spacial score (nSPS) is 24.9. The second-order valence-electron chi connectivity index (χ2n) is 9.28. The first-order valence-corrected chi connectivity index (χ1v) is 12.9. The van der Waals surface area contributed by atoms with Crippen molar-refractivity contribution in [1.82, 2.24) is 9.80 Å². The number of nitrogens with zero attached hydrogens (tertiary/aromatic N) is 2. The lowest BCUT2D eigenvalue weighted by Crippen LogP contribution is -2.46. The molecule has 0 unspecified atom stereocenters. The molecule has 2 aliphatic rings. The molecule has 1 aromatic heterocycles. The molecule has 2 aromatic carbocycles. The van der Waals surface area contributed by atoms with Crippen molar-refractivity contribution in [3.63, 3.8) is 0 Å². The van der Waals surface area contributed by atoms with E-state index in [-0.39, 0.29) is 36.2 Å². The van der Waals surface area contributed by atoms with Crippen molar-refractivity contribution < 1.29 is 19.1 Å². The van der Waals surface area contributed by atoms with Crippen LogP contribution >= 0.6 is 11.3 Å². The van der Waals surface area contributed by atoms with E-state index in [2.05, 4.69) is 0 Å². The van der Waals surface area contributed by atoms with Gasteiger partial charge in [0.25, 0.3) is 11.8 Å². The van der Waals surface area contributed by atoms with Gasteiger partial charge in [-0.1, -0.05) is 60.7 Å². The Bertz CT molecular complexity index is 1080. The molecule has 0 radical (unpaired) electrons. The Hall–Kier alpha value is -3.00. The molecule has 6 nitrogen and oxygen atoms in total. The molecular weight excluding hydrogens is 460 g/mol. The Balaban J connectivity index is 1.28. The van der Waals surface area contributed by atoms with E-state index in [4.69, 9.17) is 9.47 Å². The van der Waals surface area contributed by atoms with E-state index in [0.29, 0.717) is 35.9 Å². The Morgan fingerprint density at radius 3 is 1.46 bits per heavy atom. The van der Waals surface area contributed by atoms with E-state index in [1.807, 2.05) is 84.3 Å². The number of hydrogen-bond acceptors (Lipinski definition) is 5. The molecule has 2 saturated heterocycles. The van der Waals surface area contributed by atoms with Gasteiger partial charge in [0, 0.05) is 13.1 Å². The summed E-state index contributed by atoms with van der Waals surface area (Å²) in [5, 5.41) is 0. The van der Waals surface area contributed by atoms with Crippen LogP contribution in [0.1, 0.15) is 56.5 Å². The molecule has 0 bridgehead atoms. The highest BCUT2D eigenvalue weighted by Crippen LogP contribution is 2.30. The maximum absolute atomic E-state index is 13.4. The first-order chi connectivity index (χ1) is 17.0. The molecule has 182 valence electrons. The van der Waals surface area contributed by atoms with Gasteiger partial charge in [0.1, 0.15) is 12.2 Å². The van der Waals surface area contributed by atoms with E-state index in [1.54, 1.807) is 12.1 Å². The average molecular weight is 491 g/mol. The molecule has 7 heteroatoms. The number of benzene rings is 2. The van der Waals surface area contributed by atoms with Gasteiger partial charge in [0.2, 0.25) is 0 Å². The van der Waals surface area contributed by atoms with Crippen LogP contribution in [0.5, 0.6) is 0 Å². The number of ether oxygens (including phenoxy) is 2. The number of carbonyl (C=O) groups is 2. The molecule has 2 fully saturated rings. The minimum Gasteiger partial charge on any atom is -0.367 e. The Morgan fingerprint density at radius 2 is 1.06 bits per heavy atom. The summed E-state index contributed by atoms with van der Waals surface area (Å²) in [6.07, 6.45) is -0.447. The van der Waals surface area contributed by atoms with E-state index in [1.165, 1.54) is 11.3 Å². The minimum atomic E-state index is -0.158. The summed E-state index contributed by atoms with van der Waals surface area (Å²) in [5.74, 6) is -0.106. The van der Waals surface area contributed by atoms with Gasteiger partial charge >= 0.3 is 0 Å². The number of carbonyl (C=O) groups excluding carboxylic acids is 2. The summed E-state index contributed by atoms with van der Waals surface area (Å²) in [7, 11) is 0. The van der Waals surface area contributed by atoms with E-state index < -0.39 is 0 Å². The fourth-order valence-electron chi connectivity index (χ4n) is 4.82. The summed E-state index contributed by atoms with van der Waals surface area (Å²) in [6.45, 7) is 6.03. The Labute approximate surface area is 210 Å². The lowest BCUT2D eigenvalue weighted by atomic mass is 10.1. The molecule has 3 heterocycles. The highest BCUT2D eigenvalue weighted by molar-refractivity contribution is 7.15. The molecular formula is C28H30N2O4S. The van der Waals surface area contributed by atoms with Crippen molar-refractivity contribution in [3.8, 4) is 0 Å². The second-order valence-corrected chi connectivity index (χ2v) is 10.4. The SMILES string of the molecule is C[C@@H]1CN(C(=O)c2ccc(C(=O)N3C[C@@H](C)O[C@@H](c4ccccc4)C3)s2)C[C@H](c2ccccc2)O1. The topological polar surface area (TPSA) is 59.1 Å². The third-order valence-corrected chi connectivity index (χ3v) is 7.53. The van der Waals surface area contributed by atoms with Crippen molar-refractivity contribution in [3.05, 3.63) is 93.7 Å². The highest BCUT2D eigenvalue weighted by atomic mass is 32.1. The van der Waals surface area contributed by atoms with E-state index in [0.717, 1.165) is 11.1 Å². The molecule has 35 heavy (non-hydrogen) atoms. The number of thiophene rings is 1. The largest absolute Gasteiger partial charge is 0.367 e. The summed E-state index contributed by atoms with van der Waals surface area (Å²) < 4.78 is 12.2. The monoisotopic (exact) mass is 490 g/mol. The fraction of sp³-hybridized carbons (Fsp3) is 0.357. The smallest absolute Gasteiger partial charge is 0.264 e. The third-order valence-electron chi connectivity index (χ3n) is 6.47. The molecule has 2 amide bonds. The van der Waals surface area contributed by atoms with Crippen LogP contribution < -0.4 is 0 Å². The molecule has 0 aliphatic carbocycles. The van der Waals surface area contributed by atoms with Gasteiger partial charge in [-0.3, -0.25) is 9.59 Å². The minimum absolute atomic E-state index is 0.0531. The average Bonchev–Trinajstić information content (AvgIpc) is 3.38. The van der Waals surface area contributed by atoms with Crippen LogP contribution in [0.25, 0.3) is 0 Å². The lowest BCUT2D eigenvalue weighted by molar-refractivity contribution is -0.0691. The quantitative estimate of drug-likeness (QED) is 0.519. The van der Waals surface area contributed by atoms with Crippen molar-refractivity contribution in [2.24, 2.45) is 0 Å². The summed E-state index contributed by atoms with van der Waals surface area (Å²) in [6, 6.07) is 23.5. The van der Waals surface area contributed by atoms with Crippen LogP contribution in [0.2, 0.25) is 0 Å². The zero-order chi connectivity index (χ0) is 24.4. The van der Waals surface area contributed by atoms with Crippen LogP contribution in [-0.4, -0.2) is 60.0 Å². The van der Waals surface area contributed by atoms with Crippen LogP contribution in [-0.2, 0) is 9.47 Å². The standard InChI is InChI=1S/C28H30N2O4S/c1-19-15-29(17-23(33-19)21-9-5-3-6-10-21)27(31)25-13-14-26(35-25)28(32)30-16-20(2)34-24(18-30)22-11-7-4-8-12-22/h3-14,19-20,23-24H,15-18H2,1-2H3/t19-,20-,23-,24-/m1/s1. The summed E-state index contributed by atoms with van der Waals surface area (Å²) in [4.78, 5) is 31.6. The van der Waals surface area contributed by atoms with Gasteiger partial charge < -0.3 is 19.3 Å². The molecule has 2 aliphatic heterocycles. The zero-order valence-corrected chi connectivity index (χ0v) is 20.8. The van der Waals surface area contributed by atoms with Crippen LogP contribution in [0.4, 0.5) is 0 Å². The fourth-order valence-corrected chi connectivity index (χ4v) is 5.76. The van der Waals surface area contributed by atoms with E-state index in [9.17, 15) is 9.59 Å². The first-order valence-electron chi connectivity index (χ1n) is 12.1. The molecule has 3 aromatic rings. The maximum atomic E-state index is 13.4. The number of amides is 2. The maximum Gasteiger partial charge on any atom is 0.264 e. The van der Waals surface area contributed by atoms with Crippen LogP contribution in [0, 0.1) is 0 Å². The zero-order valence-electron chi connectivity index (χ0n) is 20.0. The Morgan fingerprint density at radius 1 is 0.657 bits per heavy atom. The first kappa shape index (κ1) is 23.7. The van der Waals surface area contributed by atoms with Gasteiger partial charge in [-0.2, -0.15) is 0 Å². The Kier molecular flexibility index (Phi) is 7.00. The van der Waals surface area contributed by atoms with E-state index >= 15 is 0 Å². The molecule has 0 spiro atoms. The number of morpholine rings is 2. The predicted molar refractivity (Wildman–Crippen MR) is 136 cm³/mol. The van der Waals surface area contributed by atoms with Crippen molar-refractivity contribution in [2.45, 2.75) is 38.3 Å². The van der Waals surface area contributed by atoms with Crippen molar-refractivity contribution in [2.75, 3.05) is 26.2 Å². The third kappa shape index (κ3) is 5.32. The van der Waals surface area contributed by atoms with Gasteiger partial charge in [-0.05, 0) is 37.1 Å². The molecule has 4 atom stereocenters. The summed E-state index contributed by atoms with van der Waals surface area (Å²) >= 11 is 1.27. The number of rotatable bonds is 4. The van der Waals surface area contributed by atoms with Crippen molar-refractivity contribution in [1.29, 1.82) is 0 Å². The second kappa shape index (κ2) is 10.3. The highest BCUT2D eigenvalue weighted by Gasteiger charge is 2.33.